The van der Waals surface area contributed by atoms with Crippen LogP contribution in [-0.2, 0) is 4.79 Å². The molecule has 114 valence electrons. The summed E-state index contributed by atoms with van der Waals surface area (Å²) in [5.41, 5.74) is 1.20. The van der Waals surface area contributed by atoms with E-state index in [1.807, 2.05) is 0 Å². The Morgan fingerprint density at radius 2 is 1.57 bits per heavy atom. The summed E-state index contributed by atoms with van der Waals surface area (Å²) in [6.07, 6.45) is 0. The number of hydrogen-bond donors (Lipinski definition) is 3. The lowest BCUT2D eigenvalue weighted by molar-refractivity contribution is -0.123. The van der Waals surface area contributed by atoms with Crippen LogP contribution in [0, 0.1) is 5.92 Å². The highest BCUT2D eigenvalue weighted by Gasteiger charge is 2.06. The molecule has 6 nitrogen and oxygen atoms in total. The van der Waals surface area contributed by atoms with Gasteiger partial charge < -0.3 is 16.0 Å². The molecule has 0 atom stereocenters. The second-order valence-corrected chi connectivity index (χ2v) is 4.96. The Balaban J connectivity index is 2.30. The van der Waals surface area contributed by atoms with Gasteiger partial charge in [-0.3, -0.25) is 9.59 Å². The molecule has 3 amide bonds. The first-order chi connectivity index (χ1) is 9.90. The molecule has 1 aromatic carbocycles. The smallest absolute Gasteiger partial charge is 0.319 e. The van der Waals surface area contributed by atoms with E-state index in [-0.39, 0.29) is 23.6 Å². The van der Waals surface area contributed by atoms with Crippen LogP contribution >= 0.6 is 0 Å². The van der Waals surface area contributed by atoms with Gasteiger partial charge >= 0.3 is 6.03 Å². The van der Waals surface area contributed by atoms with E-state index in [4.69, 9.17) is 0 Å². The van der Waals surface area contributed by atoms with Gasteiger partial charge in [0.15, 0.2) is 5.78 Å². The average molecular weight is 291 g/mol. The van der Waals surface area contributed by atoms with E-state index in [0.717, 1.165) is 0 Å². The fraction of sp³-hybridized carbons (Fsp3) is 0.400. The van der Waals surface area contributed by atoms with E-state index in [2.05, 4.69) is 16.0 Å². The van der Waals surface area contributed by atoms with Crippen LogP contribution in [0.4, 0.5) is 10.5 Å². The molecule has 0 saturated carbocycles. The first-order valence-electron chi connectivity index (χ1n) is 6.83. The third kappa shape index (κ3) is 6.07. The van der Waals surface area contributed by atoms with E-state index in [1.165, 1.54) is 6.92 Å². The number of benzene rings is 1. The lowest BCUT2D eigenvalue weighted by Crippen LogP contribution is -2.38. The predicted molar refractivity (Wildman–Crippen MR) is 81.3 cm³/mol. The molecule has 0 heterocycles. The van der Waals surface area contributed by atoms with Crippen LogP contribution in [-0.4, -0.2) is 30.8 Å². The van der Waals surface area contributed by atoms with Gasteiger partial charge in [0.25, 0.3) is 0 Å². The molecule has 0 radical (unpaired) electrons. The van der Waals surface area contributed by atoms with Crippen LogP contribution in [0.25, 0.3) is 0 Å². The van der Waals surface area contributed by atoms with E-state index in [0.29, 0.717) is 24.3 Å². The number of amides is 3. The van der Waals surface area contributed by atoms with Crippen molar-refractivity contribution in [3.8, 4) is 0 Å². The molecular weight excluding hydrogens is 270 g/mol. The summed E-state index contributed by atoms with van der Waals surface area (Å²) in [7, 11) is 0. The summed E-state index contributed by atoms with van der Waals surface area (Å²) in [5.74, 6) is -0.137. The number of carbonyl (C=O) groups is 3. The summed E-state index contributed by atoms with van der Waals surface area (Å²) in [6.45, 7) is 5.82. The zero-order valence-corrected chi connectivity index (χ0v) is 12.5. The molecule has 0 spiro atoms. The number of carbonyl (C=O) groups excluding carboxylic acids is 3. The highest BCUT2D eigenvalue weighted by molar-refractivity contribution is 5.95. The predicted octanol–water partition coefficient (Wildman–Crippen LogP) is 1.78. The molecule has 6 heteroatoms. The SMILES string of the molecule is CC(=O)c1ccc(NC(=O)NCCNC(=O)C(C)C)cc1. The standard InChI is InChI=1S/C15H21N3O3/c1-10(2)14(20)16-8-9-17-15(21)18-13-6-4-12(5-7-13)11(3)19/h4-7,10H,8-9H2,1-3H3,(H,16,20)(H2,17,18,21). The van der Waals surface area contributed by atoms with Crippen molar-refractivity contribution in [3.63, 3.8) is 0 Å². The molecule has 0 unspecified atom stereocenters. The van der Waals surface area contributed by atoms with Crippen LogP contribution in [0.15, 0.2) is 24.3 Å². The van der Waals surface area contributed by atoms with E-state index in [9.17, 15) is 14.4 Å². The lowest BCUT2D eigenvalue weighted by Gasteiger charge is -2.10. The maximum absolute atomic E-state index is 11.6. The molecule has 21 heavy (non-hydrogen) atoms. The Kier molecular flexibility index (Phi) is 6.39. The van der Waals surface area contributed by atoms with Crippen LogP contribution in [0.1, 0.15) is 31.1 Å². The maximum Gasteiger partial charge on any atom is 0.319 e. The summed E-state index contributed by atoms with van der Waals surface area (Å²) in [4.78, 5) is 34.0. The van der Waals surface area contributed by atoms with Crippen molar-refractivity contribution in [1.82, 2.24) is 10.6 Å². The Bertz CT molecular complexity index is 509. The molecule has 0 aliphatic rings. The number of urea groups is 1. The first-order valence-corrected chi connectivity index (χ1v) is 6.83. The molecule has 0 bridgehead atoms. The monoisotopic (exact) mass is 291 g/mol. The number of Topliss-reactive ketones (excluding diaryl/α,β-unsaturated/α-hetero) is 1. The van der Waals surface area contributed by atoms with Crippen LogP contribution in [0.3, 0.4) is 0 Å². The lowest BCUT2D eigenvalue weighted by atomic mass is 10.1. The summed E-state index contributed by atoms with van der Waals surface area (Å²) < 4.78 is 0. The molecule has 0 aromatic heterocycles. The van der Waals surface area contributed by atoms with Crippen molar-refractivity contribution in [3.05, 3.63) is 29.8 Å². The highest BCUT2D eigenvalue weighted by Crippen LogP contribution is 2.09. The molecule has 3 N–H and O–H groups in total. The van der Waals surface area contributed by atoms with Crippen LogP contribution < -0.4 is 16.0 Å². The Labute approximate surface area is 124 Å². The topological polar surface area (TPSA) is 87.3 Å². The number of ketones is 1. The fourth-order valence-electron chi connectivity index (χ4n) is 1.53. The normalized spacial score (nSPS) is 10.1. The average Bonchev–Trinajstić information content (AvgIpc) is 2.43. The summed E-state index contributed by atoms with van der Waals surface area (Å²) in [6, 6.07) is 6.28. The number of hydrogen-bond acceptors (Lipinski definition) is 3. The maximum atomic E-state index is 11.6. The Hall–Kier alpha value is -2.37. The van der Waals surface area contributed by atoms with E-state index in [1.54, 1.807) is 38.1 Å². The van der Waals surface area contributed by atoms with Crippen molar-refractivity contribution in [2.24, 2.45) is 5.92 Å². The third-order valence-electron chi connectivity index (χ3n) is 2.78. The van der Waals surface area contributed by atoms with Gasteiger partial charge in [0.05, 0.1) is 0 Å². The second kappa shape index (κ2) is 8.04. The van der Waals surface area contributed by atoms with Crippen molar-refractivity contribution in [2.75, 3.05) is 18.4 Å². The molecule has 0 aliphatic heterocycles. The number of anilines is 1. The Morgan fingerprint density at radius 3 is 2.10 bits per heavy atom. The van der Waals surface area contributed by atoms with Crippen molar-refractivity contribution in [1.29, 1.82) is 0 Å². The number of rotatable bonds is 6. The first kappa shape index (κ1) is 16.7. The second-order valence-electron chi connectivity index (χ2n) is 4.96. The molecule has 1 aromatic rings. The van der Waals surface area contributed by atoms with Crippen molar-refractivity contribution in [2.45, 2.75) is 20.8 Å². The quantitative estimate of drug-likeness (QED) is 0.551. The van der Waals surface area contributed by atoms with Gasteiger partial charge in [-0.25, -0.2) is 4.79 Å². The number of nitrogens with one attached hydrogen (secondary N) is 3. The van der Waals surface area contributed by atoms with Gasteiger partial charge in [-0.1, -0.05) is 13.8 Å². The van der Waals surface area contributed by atoms with Gasteiger partial charge in [0.2, 0.25) is 5.91 Å². The van der Waals surface area contributed by atoms with Crippen molar-refractivity contribution >= 4 is 23.4 Å². The highest BCUT2D eigenvalue weighted by atomic mass is 16.2. The fourth-order valence-corrected chi connectivity index (χ4v) is 1.53. The zero-order valence-electron chi connectivity index (χ0n) is 12.5. The van der Waals surface area contributed by atoms with Gasteiger partial charge in [0.1, 0.15) is 0 Å². The largest absolute Gasteiger partial charge is 0.354 e. The minimum Gasteiger partial charge on any atom is -0.354 e. The minimum atomic E-state index is -0.357. The van der Waals surface area contributed by atoms with Crippen molar-refractivity contribution < 1.29 is 14.4 Å². The summed E-state index contributed by atoms with van der Waals surface area (Å²) >= 11 is 0. The minimum absolute atomic E-state index is 0.0214. The molecular formula is C15H21N3O3. The van der Waals surface area contributed by atoms with Gasteiger partial charge in [0, 0.05) is 30.3 Å². The van der Waals surface area contributed by atoms with Gasteiger partial charge in [-0.2, -0.15) is 0 Å². The molecule has 0 saturated heterocycles. The molecule has 0 aliphatic carbocycles. The van der Waals surface area contributed by atoms with E-state index >= 15 is 0 Å². The summed E-state index contributed by atoms with van der Waals surface area (Å²) in [5, 5.41) is 7.98. The van der Waals surface area contributed by atoms with E-state index < -0.39 is 0 Å². The zero-order chi connectivity index (χ0) is 15.8. The van der Waals surface area contributed by atoms with Gasteiger partial charge in [-0.05, 0) is 31.2 Å². The third-order valence-corrected chi connectivity index (χ3v) is 2.78. The molecule has 1 rings (SSSR count). The molecule has 0 fully saturated rings. The van der Waals surface area contributed by atoms with Crippen LogP contribution in [0.5, 0.6) is 0 Å². The Morgan fingerprint density at radius 1 is 1.00 bits per heavy atom. The van der Waals surface area contributed by atoms with Crippen LogP contribution in [0.2, 0.25) is 0 Å². The van der Waals surface area contributed by atoms with Gasteiger partial charge in [-0.15, -0.1) is 0 Å².